The number of carbonyl (C=O) groups is 1. The summed E-state index contributed by atoms with van der Waals surface area (Å²) < 4.78 is 16.1. The quantitative estimate of drug-likeness (QED) is 0.564. The lowest BCUT2D eigenvalue weighted by Crippen LogP contribution is -2.36. The summed E-state index contributed by atoms with van der Waals surface area (Å²) in [6, 6.07) is 11.5. The molecule has 0 unspecified atom stereocenters. The number of fused-ring (bicyclic) bond motifs is 1. The number of benzene rings is 2. The Hall–Kier alpha value is -3.35. The van der Waals surface area contributed by atoms with Crippen molar-refractivity contribution in [1.29, 1.82) is 0 Å². The molecule has 0 spiro atoms. The Morgan fingerprint density at radius 2 is 1.94 bits per heavy atom. The van der Waals surface area contributed by atoms with Crippen LogP contribution in [0.4, 0.5) is 5.69 Å². The Bertz CT molecular complexity index is 1060. The summed E-state index contributed by atoms with van der Waals surface area (Å²) in [6.07, 6.45) is 3.54. The molecule has 1 aliphatic rings. The minimum Gasteiger partial charge on any atom is -0.497 e. The maximum Gasteiger partial charge on any atom is 0.227 e. The van der Waals surface area contributed by atoms with Crippen molar-refractivity contribution in [1.82, 2.24) is 10.1 Å². The fraction of sp³-hybridized carbons (Fsp3) is 0.375. The highest BCUT2D eigenvalue weighted by molar-refractivity contribution is 5.96. The molecule has 2 heterocycles. The minimum absolute atomic E-state index is 0.0970. The van der Waals surface area contributed by atoms with Crippen LogP contribution in [-0.2, 0) is 17.6 Å². The molecule has 0 bridgehead atoms. The van der Waals surface area contributed by atoms with Gasteiger partial charge in [-0.25, -0.2) is 0 Å². The van der Waals surface area contributed by atoms with E-state index in [1.54, 1.807) is 14.2 Å². The number of nitrogens with zero attached hydrogens (tertiary/aromatic N) is 3. The standard InChI is InChI=1S/C24H27N3O4/c1-16-9-14-20(30-3)23-19(16)6-5-15-27(23)22(28)8-4-7-21-25-24(26-31-21)17-10-12-18(29-2)13-11-17/h9-14H,4-8,15H2,1-3H3. The van der Waals surface area contributed by atoms with Gasteiger partial charge in [-0.1, -0.05) is 11.2 Å². The molecule has 4 rings (SSSR count). The maximum absolute atomic E-state index is 13.0. The number of anilines is 1. The fourth-order valence-electron chi connectivity index (χ4n) is 4.01. The highest BCUT2D eigenvalue weighted by atomic mass is 16.5. The van der Waals surface area contributed by atoms with E-state index in [9.17, 15) is 4.79 Å². The van der Waals surface area contributed by atoms with Crippen LogP contribution in [0, 0.1) is 6.92 Å². The summed E-state index contributed by atoms with van der Waals surface area (Å²) in [5.41, 5.74) is 4.20. The van der Waals surface area contributed by atoms with Gasteiger partial charge in [0.1, 0.15) is 11.5 Å². The topological polar surface area (TPSA) is 77.7 Å². The Morgan fingerprint density at radius 3 is 2.68 bits per heavy atom. The van der Waals surface area contributed by atoms with E-state index in [-0.39, 0.29) is 5.91 Å². The third kappa shape index (κ3) is 4.40. The fourth-order valence-corrected chi connectivity index (χ4v) is 4.01. The molecule has 31 heavy (non-hydrogen) atoms. The van der Waals surface area contributed by atoms with Crippen LogP contribution in [-0.4, -0.2) is 36.8 Å². The number of ether oxygens (including phenoxy) is 2. The van der Waals surface area contributed by atoms with E-state index in [0.29, 0.717) is 37.5 Å². The molecular weight excluding hydrogens is 394 g/mol. The van der Waals surface area contributed by atoms with Gasteiger partial charge < -0.3 is 18.9 Å². The predicted octanol–water partition coefficient (Wildman–Crippen LogP) is 4.36. The molecule has 0 N–H and O–H groups in total. The number of rotatable bonds is 7. The van der Waals surface area contributed by atoms with Crippen molar-refractivity contribution in [3.63, 3.8) is 0 Å². The minimum atomic E-state index is 0.0970. The first-order valence-corrected chi connectivity index (χ1v) is 10.5. The van der Waals surface area contributed by atoms with Crippen molar-refractivity contribution < 1.29 is 18.8 Å². The number of methoxy groups -OCH3 is 2. The van der Waals surface area contributed by atoms with Crippen LogP contribution < -0.4 is 14.4 Å². The van der Waals surface area contributed by atoms with E-state index in [2.05, 4.69) is 23.1 Å². The van der Waals surface area contributed by atoms with E-state index in [1.165, 1.54) is 11.1 Å². The summed E-state index contributed by atoms with van der Waals surface area (Å²) in [7, 11) is 3.28. The first-order chi connectivity index (χ1) is 15.1. The SMILES string of the molecule is COc1ccc(-c2noc(CCCC(=O)N3CCCc4c(C)ccc(OC)c43)n2)cc1. The third-order valence-corrected chi connectivity index (χ3v) is 5.68. The summed E-state index contributed by atoms with van der Waals surface area (Å²) in [5, 5.41) is 4.05. The Kier molecular flexibility index (Phi) is 6.21. The molecule has 162 valence electrons. The summed E-state index contributed by atoms with van der Waals surface area (Å²) >= 11 is 0. The maximum atomic E-state index is 13.0. The zero-order valence-corrected chi connectivity index (χ0v) is 18.2. The lowest BCUT2D eigenvalue weighted by atomic mass is 9.96. The average molecular weight is 421 g/mol. The van der Waals surface area contributed by atoms with Crippen molar-refractivity contribution >= 4 is 11.6 Å². The molecule has 0 saturated carbocycles. The number of amides is 1. The number of hydrogen-bond donors (Lipinski definition) is 0. The van der Waals surface area contributed by atoms with Gasteiger partial charge in [0.05, 0.1) is 19.9 Å². The van der Waals surface area contributed by atoms with Gasteiger partial charge in [0, 0.05) is 24.9 Å². The van der Waals surface area contributed by atoms with Crippen molar-refractivity contribution in [3.05, 3.63) is 53.4 Å². The zero-order valence-electron chi connectivity index (χ0n) is 18.2. The molecule has 0 fully saturated rings. The van der Waals surface area contributed by atoms with Gasteiger partial charge in [0.2, 0.25) is 17.6 Å². The normalized spacial score (nSPS) is 13.1. The molecule has 0 saturated heterocycles. The molecule has 3 aromatic rings. The molecule has 2 aromatic carbocycles. The van der Waals surface area contributed by atoms with Crippen LogP contribution >= 0.6 is 0 Å². The lowest BCUT2D eigenvalue weighted by Gasteiger charge is -2.32. The molecule has 1 aliphatic heterocycles. The Morgan fingerprint density at radius 1 is 1.13 bits per heavy atom. The number of hydrogen-bond acceptors (Lipinski definition) is 6. The molecule has 0 atom stereocenters. The number of carbonyl (C=O) groups excluding carboxylic acids is 1. The molecule has 1 amide bonds. The van der Waals surface area contributed by atoms with Gasteiger partial charge in [-0.15, -0.1) is 0 Å². The van der Waals surface area contributed by atoms with Gasteiger partial charge in [-0.05, 0) is 67.6 Å². The average Bonchev–Trinajstić information content (AvgIpc) is 3.28. The van der Waals surface area contributed by atoms with Crippen LogP contribution in [0.5, 0.6) is 11.5 Å². The van der Waals surface area contributed by atoms with Gasteiger partial charge in [0.25, 0.3) is 0 Å². The predicted molar refractivity (Wildman–Crippen MR) is 118 cm³/mol. The van der Waals surface area contributed by atoms with Crippen molar-refractivity contribution in [3.8, 4) is 22.9 Å². The number of aryl methyl sites for hydroxylation is 2. The van der Waals surface area contributed by atoms with Crippen LogP contribution in [0.15, 0.2) is 40.9 Å². The van der Waals surface area contributed by atoms with Crippen molar-refractivity contribution in [2.75, 3.05) is 25.7 Å². The monoisotopic (exact) mass is 421 g/mol. The first-order valence-electron chi connectivity index (χ1n) is 10.5. The van der Waals surface area contributed by atoms with E-state index in [4.69, 9.17) is 14.0 Å². The molecule has 0 radical (unpaired) electrons. The largest absolute Gasteiger partial charge is 0.497 e. The zero-order chi connectivity index (χ0) is 21.8. The van der Waals surface area contributed by atoms with E-state index >= 15 is 0 Å². The van der Waals surface area contributed by atoms with Crippen LogP contribution in [0.1, 0.15) is 36.3 Å². The van der Waals surface area contributed by atoms with Gasteiger partial charge in [-0.2, -0.15) is 4.98 Å². The molecule has 7 heteroatoms. The second-order valence-electron chi connectivity index (χ2n) is 7.65. The first kappa shape index (κ1) is 20.9. The molecule has 0 aliphatic carbocycles. The highest BCUT2D eigenvalue weighted by Crippen LogP contribution is 2.38. The van der Waals surface area contributed by atoms with E-state index in [1.807, 2.05) is 35.2 Å². The van der Waals surface area contributed by atoms with Gasteiger partial charge >= 0.3 is 0 Å². The lowest BCUT2D eigenvalue weighted by molar-refractivity contribution is -0.118. The van der Waals surface area contributed by atoms with Crippen LogP contribution in [0.2, 0.25) is 0 Å². The highest BCUT2D eigenvalue weighted by Gasteiger charge is 2.27. The Balaban J connectivity index is 1.39. The van der Waals surface area contributed by atoms with Crippen LogP contribution in [0.3, 0.4) is 0 Å². The summed E-state index contributed by atoms with van der Waals surface area (Å²) in [4.78, 5) is 19.3. The molecule has 7 nitrogen and oxygen atoms in total. The van der Waals surface area contributed by atoms with Crippen LogP contribution in [0.25, 0.3) is 11.4 Å². The number of aromatic nitrogens is 2. The molecule has 1 aromatic heterocycles. The second kappa shape index (κ2) is 9.20. The van der Waals surface area contributed by atoms with Gasteiger partial charge in [0.15, 0.2) is 0 Å². The second-order valence-corrected chi connectivity index (χ2v) is 7.65. The van der Waals surface area contributed by atoms with Crippen molar-refractivity contribution in [2.24, 2.45) is 0 Å². The third-order valence-electron chi connectivity index (χ3n) is 5.68. The van der Waals surface area contributed by atoms with Gasteiger partial charge in [-0.3, -0.25) is 4.79 Å². The van der Waals surface area contributed by atoms with E-state index in [0.717, 1.165) is 35.6 Å². The smallest absolute Gasteiger partial charge is 0.227 e. The summed E-state index contributed by atoms with van der Waals surface area (Å²) in [6.45, 7) is 2.80. The Labute approximate surface area is 182 Å². The summed E-state index contributed by atoms with van der Waals surface area (Å²) in [5.74, 6) is 2.70. The van der Waals surface area contributed by atoms with Crippen molar-refractivity contribution in [2.45, 2.75) is 39.0 Å². The molecular formula is C24H27N3O4. The van der Waals surface area contributed by atoms with E-state index < -0.39 is 0 Å².